The number of rotatable bonds is 8. The van der Waals surface area contributed by atoms with Gasteiger partial charge in [0.25, 0.3) is 0 Å². The minimum Gasteiger partial charge on any atom is -0.459 e. The predicted octanol–water partition coefficient (Wildman–Crippen LogP) is 5.08. The molecule has 2 aromatic heterocycles. The number of aromatic nitrogens is 4. The molecule has 4 atom stereocenters. The van der Waals surface area contributed by atoms with Crippen molar-refractivity contribution in [2.75, 3.05) is 6.61 Å². The minimum atomic E-state index is -1.69. The summed E-state index contributed by atoms with van der Waals surface area (Å²) in [6, 6.07) is 25.1. The van der Waals surface area contributed by atoms with Crippen molar-refractivity contribution in [3.8, 4) is 0 Å². The molecule has 12 heteroatoms. The van der Waals surface area contributed by atoms with Gasteiger partial charge in [0, 0.05) is 0 Å². The molecule has 1 fully saturated rings. The standard InChI is InChI=1S/C32H25ClN4O7/c1-32(44-30(40)22-15-9-4-10-16-22)25(43-29(39)21-13-7-3-8-14-21)23(17-41-28(38)20-11-5-2-6-12-20)42-31(32)37-19-36-24-26(33)34-18-35-27(24)37/h2-16,18-19,23,25,31H,17H2,1H3/t23-,25-,31?,32?/m1/s1. The lowest BCUT2D eigenvalue weighted by molar-refractivity contribution is -0.108. The quantitative estimate of drug-likeness (QED) is 0.133. The van der Waals surface area contributed by atoms with Crippen molar-refractivity contribution < 1.29 is 33.3 Å². The fraction of sp³-hybridized carbons (Fsp3) is 0.188. The number of nitrogens with zero attached hydrogens (tertiary/aromatic N) is 4. The highest BCUT2D eigenvalue weighted by Crippen LogP contribution is 2.45. The Labute approximate surface area is 256 Å². The second kappa shape index (κ2) is 12.2. The first-order valence-electron chi connectivity index (χ1n) is 13.6. The van der Waals surface area contributed by atoms with Gasteiger partial charge in [-0.1, -0.05) is 66.2 Å². The maximum absolute atomic E-state index is 13.5. The first-order valence-corrected chi connectivity index (χ1v) is 14.0. The monoisotopic (exact) mass is 612 g/mol. The van der Waals surface area contributed by atoms with Crippen molar-refractivity contribution in [2.24, 2.45) is 0 Å². The average Bonchev–Trinajstić information content (AvgIpc) is 3.60. The van der Waals surface area contributed by atoms with E-state index in [4.69, 9.17) is 30.5 Å². The Kier molecular flexibility index (Phi) is 8.05. The Morgan fingerprint density at radius 1 is 0.818 bits per heavy atom. The second-order valence-corrected chi connectivity index (χ2v) is 10.5. The Balaban J connectivity index is 1.41. The molecule has 5 aromatic rings. The van der Waals surface area contributed by atoms with Crippen molar-refractivity contribution in [1.29, 1.82) is 0 Å². The fourth-order valence-corrected chi connectivity index (χ4v) is 5.23. The molecule has 2 unspecified atom stereocenters. The SMILES string of the molecule is CC1(OC(=O)c2ccccc2)C(n2cnc3c(Cl)ncnc32)O[C@H](COC(=O)c2ccccc2)[C@H]1OC(=O)c1ccccc1. The molecule has 0 radical (unpaired) electrons. The molecular formula is C32H25ClN4O7. The maximum Gasteiger partial charge on any atom is 0.338 e. The number of halogens is 1. The Hall–Kier alpha value is -5.13. The third-order valence-electron chi connectivity index (χ3n) is 7.22. The van der Waals surface area contributed by atoms with E-state index < -0.39 is 41.9 Å². The summed E-state index contributed by atoms with van der Waals surface area (Å²) in [6.07, 6.45) is -0.814. The van der Waals surface area contributed by atoms with E-state index in [9.17, 15) is 14.4 Å². The number of hydrogen-bond donors (Lipinski definition) is 0. The highest BCUT2D eigenvalue weighted by molar-refractivity contribution is 6.33. The van der Waals surface area contributed by atoms with E-state index >= 15 is 0 Å². The maximum atomic E-state index is 13.5. The lowest BCUT2D eigenvalue weighted by Gasteiger charge is -2.34. The number of carbonyl (C=O) groups is 3. The highest BCUT2D eigenvalue weighted by Gasteiger charge is 2.60. The molecule has 0 saturated carbocycles. The van der Waals surface area contributed by atoms with Gasteiger partial charge >= 0.3 is 17.9 Å². The van der Waals surface area contributed by atoms with Crippen LogP contribution in [0.1, 0.15) is 44.2 Å². The molecule has 1 aliphatic heterocycles. The molecule has 222 valence electrons. The number of benzene rings is 3. The molecule has 0 bridgehead atoms. The third kappa shape index (κ3) is 5.62. The number of esters is 3. The molecule has 0 aliphatic carbocycles. The van der Waals surface area contributed by atoms with E-state index in [2.05, 4.69) is 15.0 Å². The molecule has 6 rings (SSSR count). The number of fused-ring (bicyclic) bond motifs is 1. The van der Waals surface area contributed by atoms with Crippen LogP contribution in [-0.4, -0.2) is 61.8 Å². The van der Waals surface area contributed by atoms with E-state index in [0.717, 1.165) is 0 Å². The highest BCUT2D eigenvalue weighted by atomic mass is 35.5. The van der Waals surface area contributed by atoms with Gasteiger partial charge in [-0.25, -0.2) is 29.3 Å². The lowest BCUT2D eigenvalue weighted by Crippen LogP contribution is -2.50. The molecule has 0 spiro atoms. The number of carbonyl (C=O) groups excluding carboxylic acids is 3. The third-order valence-corrected chi connectivity index (χ3v) is 7.49. The van der Waals surface area contributed by atoms with Crippen LogP contribution in [0.5, 0.6) is 0 Å². The molecule has 0 amide bonds. The zero-order valence-corrected chi connectivity index (χ0v) is 24.0. The van der Waals surface area contributed by atoms with Gasteiger partial charge in [-0.3, -0.25) is 4.57 Å². The molecule has 0 N–H and O–H groups in total. The van der Waals surface area contributed by atoms with Gasteiger partial charge < -0.3 is 18.9 Å². The molecule has 3 aromatic carbocycles. The number of imidazole rings is 1. The first kappa shape index (κ1) is 29.0. The summed E-state index contributed by atoms with van der Waals surface area (Å²) < 4.78 is 25.8. The van der Waals surface area contributed by atoms with Gasteiger partial charge in [-0.05, 0) is 43.3 Å². The van der Waals surface area contributed by atoms with Crippen LogP contribution >= 0.6 is 11.6 Å². The minimum absolute atomic E-state index is 0.107. The summed E-state index contributed by atoms with van der Waals surface area (Å²) in [7, 11) is 0. The van der Waals surface area contributed by atoms with Crippen LogP contribution < -0.4 is 0 Å². The molecule has 11 nitrogen and oxygen atoms in total. The molecule has 1 saturated heterocycles. The summed E-state index contributed by atoms with van der Waals surface area (Å²) in [5.41, 5.74) is -0.268. The van der Waals surface area contributed by atoms with Gasteiger partial charge in [0.05, 0.1) is 23.0 Å². The zero-order valence-electron chi connectivity index (χ0n) is 23.3. The van der Waals surface area contributed by atoms with Gasteiger partial charge in [0.15, 0.2) is 28.7 Å². The van der Waals surface area contributed by atoms with E-state index in [1.807, 2.05) is 0 Å². The van der Waals surface area contributed by atoms with Crippen LogP contribution in [0.3, 0.4) is 0 Å². The summed E-state index contributed by atoms with van der Waals surface area (Å²) >= 11 is 6.27. The van der Waals surface area contributed by atoms with Gasteiger partial charge in [-0.2, -0.15) is 0 Å². The summed E-state index contributed by atoms with van der Waals surface area (Å²) in [5, 5.41) is 0.107. The van der Waals surface area contributed by atoms with Crippen molar-refractivity contribution in [1.82, 2.24) is 19.5 Å². The van der Waals surface area contributed by atoms with Crippen LogP contribution in [0.2, 0.25) is 5.15 Å². The van der Waals surface area contributed by atoms with Crippen molar-refractivity contribution in [3.63, 3.8) is 0 Å². The largest absolute Gasteiger partial charge is 0.459 e. The predicted molar refractivity (Wildman–Crippen MR) is 157 cm³/mol. The average molecular weight is 613 g/mol. The van der Waals surface area contributed by atoms with E-state index in [0.29, 0.717) is 5.56 Å². The van der Waals surface area contributed by atoms with E-state index in [1.54, 1.807) is 97.9 Å². The topological polar surface area (TPSA) is 132 Å². The fourth-order valence-electron chi connectivity index (χ4n) is 5.05. The normalized spacial score (nSPS) is 21.1. The smallest absolute Gasteiger partial charge is 0.338 e. The molecule has 1 aliphatic rings. The second-order valence-electron chi connectivity index (χ2n) is 10.1. The first-order chi connectivity index (χ1) is 21.3. The van der Waals surface area contributed by atoms with Gasteiger partial charge in [-0.15, -0.1) is 0 Å². The van der Waals surface area contributed by atoms with Crippen LogP contribution in [0.4, 0.5) is 0 Å². The van der Waals surface area contributed by atoms with Crippen molar-refractivity contribution in [3.05, 3.63) is 125 Å². The Bertz CT molecular complexity index is 1800. The van der Waals surface area contributed by atoms with Crippen LogP contribution in [0.15, 0.2) is 104 Å². The summed E-state index contributed by atoms with van der Waals surface area (Å²) in [6.45, 7) is 1.24. The number of ether oxygens (including phenoxy) is 4. The van der Waals surface area contributed by atoms with E-state index in [-0.39, 0.29) is 34.1 Å². The van der Waals surface area contributed by atoms with E-state index in [1.165, 1.54) is 17.2 Å². The molecule has 44 heavy (non-hydrogen) atoms. The van der Waals surface area contributed by atoms with Crippen LogP contribution in [-0.2, 0) is 18.9 Å². The Morgan fingerprint density at radius 2 is 1.39 bits per heavy atom. The molecular weight excluding hydrogens is 588 g/mol. The van der Waals surface area contributed by atoms with Crippen LogP contribution in [0, 0.1) is 0 Å². The zero-order chi connectivity index (χ0) is 30.7. The molecule has 3 heterocycles. The van der Waals surface area contributed by atoms with Crippen molar-refractivity contribution >= 4 is 40.7 Å². The Morgan fingerprint density at radius 3 is 2.00 bits per heavy atom. The van der Waals surface area contributed by atoms with Crippen LogP contribution in [0.25, 0.3) is 11.2 Å². The summed E-state index contributed by atoms with van der Waals surface area (Å²) in [5.74, 6) is -2.00. The van der Waals surface area contributed by atoms with Crippen molar-refractivity contribution in [2.45, 2.75) is 31.0 Å². The van der Waals surface area contributed by atoms with Gasteiger partial charge in [0.2, 0.25) is 0 Å². The number of hydrogen-bond acceptors (Lipinski definition) is 10. The summed E-state index contributed by atoms with van der Waals surface area (Å²) in [4.78, 5) is 52.4. The lowest BCUT2D eigenvalue weighted by atomic mass is 9.95. The van der Waals surface area contributed by atoms with Gasteiger partial charge in [0.1, 0.15) is 24.6 Å².